The molecule has 7 heteroatoms. The first-order valence-corrected chi connectivity index (χ1v) is 9.40. The highest BCUT2D eigenvalue weighted by atomic mass is 16.6. The molecule has 1 atom stereocenters. The Morgan fingerprint density at radius 3 is 2.21 bits per heavy atom. The molecule has 0 saturated heterocycles. The van der Waals surface area contributed by atoms with E-state index in [2.05, 4.69) is 15.3 Å². The van der Waals surface area contributed by atoms with Gasteiger partial charge < -0.3 is 15.2 Å². The normalized spacial score (nSPS) is 14.8. The molecule has 4 rings (SSSR count). The fourth-order valence-corrected chi connectivity index (χ4v) is 3.45. The van der Waals surface area contributed by atoms with Gasteiger partial charge in [-0.3, -0.25) is 20.1 Å². The van der Waals surface area contributed by atoms with Gasteiger partial charge in [0.1, 0.15) is 18.8 Å². The molecular weight excluding hydrogens is 368 g/mol. The van der Waals surface area contributed by atoms with Crippen LogP contribution in [0.3, 0.4) is 0 Å². The first kappa shape index (κ1) is 18.9. The topological polar surface area (TPSA) is 99.4 Å². The van der Waals surface area contributed by atoms with E-state index in [4.69, 9.17) is 15.2 Å². The summed E-state index contributed by atoms with van der Waals surface area (Å²) in [5.41, 5.74) is 7.51. The maximum absolute atomic E-state index is 12.9. The van der Waals surface area contributed by atoms with Crippen molar-refractivity contribution in [3.05, 3.63) is 83.9 Å². The van der Waals surface area contributed by atoms with E-state index in [0.29, 0.717) is 37.7 Å². The first-order valence-electron chi connectivity index (χ1n) is 9.40. The number of ether oxygens (including phenoxy) is 2. The molecule has 29 heavy (non-hydrogen) atoms. The molecule has 1 aliphatic heterocycles. The van der Waals surface area contributed by atoms with E-state index in [9.17, 15) is 4.79 Å². The van der Waals surface area contributed by atoms with Crippen LogP contribution in [-0.2, 0) is 23.3 Å². The Kier molecular flexibility index (Phi) is 5.39. The van der Waals surface area contributed by atoms with Gasteiger partial charge in [0, 0.05) is 37.8 Å². The van der Waals surface area contributed by atoms with E-state index in [1.54, 1.807) is 24.8 Å². The molecule has 1 aromatic carbocycles. The minimum atomic E-state index is -1.14. The van der Waals surface area contributed by atoms with Crippen LogP contribution in [0.15, 0.2) is 67.3 Å². The fourth-order valence-electron chi connectivity index (χ4n) is 3.45. The third-order valence-electron chi connectivity index (χ3n) is 5.02. The zero-order valence-corrected chi connectivity index (χ0v) is 15.9. The maximum Gasteiger partial charge on any atom is 0.242 e. The molecule has 0 aliphatic carbocycles. The highest BCUT2D eigenvalue weighted by molar-refractivity contribution is 5.87. The lowest BCUT2D eigenvalue weighted by Crippen LogP contribution is -2.54. The van der Waals surface area contributed by atoms with Gasteiger partial charge in [0.15, 0.2) is 11.5 Å². The van der Waals surface area contributed by atoms with Crippen molar-refractivity contribution < 1.29 is 14.3 Å². The second kappa shape index (κ2) is 8.28. The molecule has 3 heterocycles. The molecule has 0 fully saturated rings. The van der Waals surface area contributed by atoms with E-state index < -0.39 is 11.4 Å². The number of nitrogens with zero attached hydrogens (tertiary/aromatic N) is 2. The lowest BCUT2D eigenvalue weighted by atomic mass is 9.82. The van der Waals surface area contributed by atoms with Gasteiger partial charge in [-0.1, -0.05) is 6.07 Å². The Bertz CT molecular complexity index is 982. The van der Waals surface area contributed by atoms with Crippen LogP contribution in [0.4, 0.5) is 0 Å². The van der Waals surface area contributed by atoms with Crippen LogP contribution < -0.4 is 20.5 Å². The zero-order chi connectivity index (χ0) is 20.1. The summed E-state index contributed by atoms with van der Waals surface area (Å²) in [4.78, 5) is 21.0. The Hall–Kier alpha value is -3.45. The van der Waals surface area contributed by atoms with Crippen molar-refractivity contribution in [3.8, 4) is 11.5 Å². The standard InChI is InChI=1S/C22H22N4O3/c23-21(27)22(14-16-3-7-24-8-4-16,26-15-17-5-9-25-10-6-17)18-1-2-19-20(13-18)29-12-11-28-19/h1-10,13,26H,11-12,14-15H2,(H2,23,27). The van der Waals surface area contributed by atoms with Crippen molar-refractivity contribution in [3.63, 3.8) is 0 Å². The van der Waals surface area contributed by atoms with Gasteiger partial charge in [0.05, 0.1) is 0 Å². The molecule has 1 amide bonds. The average molecular weight is 390 g/mol. The van der Waals surface area contributed by atoms with Crippen LogP contribution in [-0.4, -0.2) is 29.1 Å². The summed E-state index contributed by atoms with van der Waals surface area (Å²) >= 11 is 0. The average Bonchev–Trinajstić information content (AvgIpc) is 2.77. The number of fused-ring (bicyclic) bond motifs is 1. The Balaban J connectivity index is 1.74. The number of rotatable bonds is 7. The number of carbonyl (C=O) groups is 1. The number of benzene rings is 1. The van der Waals surface area contributed by atoms with Gasteiger partial charge in [-0.25, -0.2) is 0 Å². The number of pyridine rings is 2. The predicted octanol–water partition coefficient (Wildman–Crippen LogP) is 1.96. The number of primary amides is 1. The largest absolute Gasteiger partial charge is 0.486 e. The minimum Gasteiger partial charge on any atom is -0.486 e. The van der Waals surface area contributed by atoms with Crippen molar-refractivity contribution in [2.75, 3.05) is 13.2 Å². The molecule has 1 unspecified atom stereocenters. The molecule has 0 bridgehead atoms. The molecule has 1 aliphatic rings. The van der Waals surface area contributed by atoms with Gasteiger partial charge in [-0.05, 0) is 53.1 Å². The number of nitrogens with two attached hydrogens (primary N) is 1. The smallest absolute Gasteiger partial charge is 0.242 e. The number of aromatic nitrogens is 2. The van der Waals surface area contributed by atoms with Crippen LogP contribution >= 0.6 is 0 Å². The second-order valence-corrected chi connectivity index (χ2v) is 6.87. The number of nitrogens with one attached hydrogen (secondary N) is 1. The molecule has 0 radical (unpaired) electrons. The lowest BCUT2D eigenvalue weighted by Gasteiger charge is -2.33. The number of amides is 1. The van der Waals surface area contributed by atoms with E-state index in [-0.39, 0.29) is 0 Å². The van der Waals surface area contributed by atoms with Gasteiger partial charge in [0.25, 0.3) is 0 Å². The monoisotopic (exact) mass is 390 g/mol. The highest BCUT2D eigenvalue weighted by Gasteiger charge is 2.39. The highest BCUT2D eigenvalue weighted by Crippen LogP contribution is 2.36. The van der Waals surface area contributed by atoms with Crippen molar-refractivity contribution in [1.29, 1.82) is 0 Å². The summed E-state index contributed by atoms with van der Waals surface area (Å²) in [5.74, 6) is 0.802. The van der Waals surface area contributed by atoms with Crippen molar-refractivity contribution in [2.24, 2.45) is 5.73 Å². The number of hydrogen-bond donors (Lipinski definition) is 2. The molecule has 148 valence electrons. The molecule has 3 N–H and O–H groups in total. The van der Waals surface area contributed by atoms with Crippen molar-refractivity contribution in [2.45, 2.75) is 18.5 Å². The Labute approximate surface area is 168 Å². The van der Waals surface area contributed by atoms with Crippen LogP contribution in [0.25, 0.3) is 0 Å². The van der Waals surface area contributed by atoms with E-state index >= 15 is 0 Å². The quantitative estimate of drug-likeness (QED) is 0.640. The molecule has 2 aromatic heterocycles. The number of carbonyl (C=O) groups excluding carboxylic acids is 1. The summed E-state index contributed by atoms with van der Waals surface area (Å²) in [6, 6.07) is 13.1. The second-order valence-electron chi connectivity index (χ2n) is 6.87. The summed E-state index contributed by atoms with van der Waals surface area (Å²) in [7, 11) is 0. The van der Waals surface area contributed by atoms with Crippen LogP contribution in [0, 0.1) is 0 Å². The first-order chi connectivity index (χ1) is 14.2. The molecule has 7 nitrogen and oxygen atoms in total. The fraction of sp³-hybridized carbons (Fsp3) is 0.227. The Morgan fingerprint density at radius 1 is 0.931 bits per heavy atom. The summed E-state index contributed by atoms with van der Waals surface area (Å²) in [6.45, 7) is 1.42. The predicted molar refractivity (Wildman–Crippen MR) is 107 cm³/mol. The van der Waals surface area contributed by atoms with Gasteiger partial charge in [-0.15, -0.1) is 0 Å². The third kappa shape index (κ3) is 4.05. The number of hydrogen-bond acceptors (Lipinski definition) is 6. The Morgan fingerprint density at radius 2 is 1.55 bits per heavy atom. The van der Waals surface area contributed by atoms with E-state index in [0.717, 1.165) is 16.7 Å². The van der Waals surface area contributed by atoms with E-state index in [1.807, 2.05) is 42.5 Å². The molecule has 0 spiro atoms. The third-order valence-corrected chi connectivity index (χ3v) is 5.02. The van der Waals surface area contributed by atoms with Crippen LogP contribution in [0.5, 0.6) is 11.5 Å². The van der Waals surface area contributed by atoms with Crippen LogP contribution in [0.2, 0.25) is 0 Å². The van der Waals surface area contributed by atoms with Crippen LogP contribution in [0.1, 0.15) is 16.7 Å². The lowest BCUT2D eigenvalue weighted by molar-refractivity contribution is -0.125. The van der Waals surface area contributed by atoms with Gasteiger partial charge in [0.2, 0.25) is 5.91 Å². The molecule has 3 aromatic rings. The summed E-state index contributed by atoms with van der Waals surface area (Å²) in [5, 5.41) is 3.40. The van der Waals surface area contributed by atoms with Crippen molar-refractivity contribution in [1.82, 2.24) is 15.3 Å². The van der Waals surface area contributed by atoms with Gasteiger partial charge in [-0.2, -0.15) is 0 Å². The summed E-state index contributed by atoms with van der Waals surface area (Å²) in [6.07, 6.45) is 7.21. The molecule has 0 saturated carbocycles. The maximum atomic E-state index is 12.9. The minimum absolute atomic E-state index is 0.371. The zero-order valence-electron chi connectivity index (χ0n) is 15.9. The summed E-state index contributed by atoms with van der Waals surface area (Å²) < 4.78 is 11.4. The van der Waals surface area contributed by atoms with Crippen molar-refractivity contribution >= 4 is 5.91 Å². The van der Waals surface area contributed by atoms with Gasteiger partial charge >= 0.3 is 0 Å². The SMILES string of the molecule is NC(=O)C(Cc1ccncc1)(NCc1ccncc1)c1ccc2c(c1)OCCO2. The van der Waals surface area contributed by atoms with E-state index in [1.165, 1.54) is 0 Å². The molecular formula is C22H22N4O3.